The third-order valence-corrected chi connectivity index (χ3v) is 3.84. The number of halogens is 2. The van der Waals surface area contributed by atoms with Crippen molar-refractivity contribution in [3.8, 4) is 11.5 Å². The molecule has 1 unspecified atom stereocenters. The van der Waals surface area contributed by atoms with Crippen LogP contribution in [0.3, 0.4) is 0 Å². The first-order valence-electron chi connectivity index (χ1n) is 5.99. The third-order valence-electron chi connectivity index (χ3n) is 3.03. The number of nitrogens with two attached hydrogens (primary N) is 1. The van der Waals surface area contributed by atoms with Gasteiger partial charge in [0.2, 0.25) is 0 Å². The Morgan fingerprint density at radius 2 is 1.90 bits per heavy atom. The van der Waals surface area contributed by atoms with E-state index in [2.05, 4.69) is 15.9 Å². The highest BCUT2D eigenvalue weighted by atomic mass is 79.9. The second-order valence-corrected chi connectivity index (χ2v) is 5.56. The molecule has 2 rings (SSSR count). The van der Waals surface area contributed by atoms with E-state index in [4.69, 9.17) is 26.8 Å². The molecular weight excluding hydrogens is 342 g/mol. The van der Waals surface area contributed by atoms with Gasteiger partial charge in [0.1, 0.15) is 11.5 Å². The van der Waals surface area contributed by atoms with E-state index in [0.717, 1.165) is 21.3 Å². The Kier molecular flexibility index (Phi) is 4.91. The van der Waals surface area contributed by atoms with Gasteiger partial charge in [0.25, 0.3) is 0 Å². The molecular formula is C15H15BrClNO2. The zero-order valence-electron chi connectivity index (χ0n) is 11.2. The zero-order chi connectivity index (χ0) is 14.7. The molecule has 2 aromatic rings. The van der Waals surface area contributed by atoms with Crippen LogP contribution in [0.2, 0.25) is 5.02 Å². The molecule has 0 fully saturated rings. The van der Waals surface area contributed by atoms with Gasteiger partial charge in [-0.2, -0.15) is 0 Å². The van der Waals surface area contributed by atoms with E-state index >= 15 is 0 Å². The minimum atomic E-state index is -0.352. The molecule has 2 N–H and O–H groups in total. The standard InChI is InChI=1S/C15H15BrClNO2/c1-19-11-5-3-4-9(6-11)14(18)12-7-10(17)8-13(16)15(12)20-2/h3-8,14H,18H2,1-2H3. The van der Waals surface area contributed by atoms with Gasteiger partial charge >= 0.3 is 0 Å². The van der Waals surface area contributed by atoms with Crippen molar-refractivity contribution in [2.45, 2.75) is 6.04 Å². The molecule has 106 valence electrons. The third kappa shape index (κ3) is 3.08. The summed E-state index contributed by atoms with van der Waals surface area (Å²) in [5.74, 6) is 1.45. The summed E-state index contributed by atoms with van der Waals surface area (Å²) in [7, 11) is 3.23. The van der Waals surface area contributed by atoms with Crippen LogP contribution < -0.4 is 15.2 Å². The van der Waals surface area contributed by atoms with Gasteiger partial charge in [-0.05, 0) is 45.8 Å². The smallest absolute Gasteiger partial charge is 0.138 e. The highest BCUT2D eigenvalue weighted by Gasteiger charge is 2.18. The minimum Gasteiger partial charge on any atom is -0.497 e. The normalized spacial score (nSPS) is 12.1. The maximum absolute atomic E-state index is 6.34. The van der Waals surface area contributed by atoms with Crippen LogP contribution in [-0.4, -0.2) is 14.2 Å². The van der Waals surface area contributed by atoms with Crippen LogP contribution in [0, 0.1) is 0 Å². The van der Waals surface area contributed by atoms with Gasteiger partial charge < -0.3 is 15.2 Å². The van der Waals surface area contributed by atoms with Crippen LogP contribution in [0.1, 0.15) is 17.2 Å². The van der Waals surface area contributed by atoms with Crippen molar-refractivity contribution in [3.63, 3.8) is 0 Å². The highest BCUT2D eigenvalue weighted by molar-refractivity contribution is 9.10. The first-order valence-corrected chi connectivity index (χ1v) is 7.16. The topological polar surface area (TPSA) is 44.5 Å². The van der Waals surface area contributed by atoms with Crippen LogP contribution in [0.4, 0.5) is 0 Å². The van der Waals surface area contributed by atoms with E-state index in [0.29, 0.717) is 10.8 Å². The predicted octanol–water partition coefficient (Wildman–Crippen LogP) is 4.17. The Bertz CT molecular complexity index is 619. The Morgan fingerprint density at radius 3 is 2.55 bits per heavy atom. The van der Waals surface area contributed by atoms with Crippen molar-refractivity contribution in [1.29, 1.82) is 0 Å². The lowest BCUT2D eigenvalue weighted by Gasteiger charge is -2.18. The molecule has 0 aromatic heterocycles. The average Bonchev–Trinajstić information content (AvgIpc) is 2.45. The average molecular weight is 357 g/mol. The summed E-state index contributed by atoms with van der Waals surface area (Å²) >= 11 is 9.54. The molecule has 0 spiro atoms. The molecule has 0 aliphatic carbocycles. The summed E-state index contributed by atoms with van der Waals surface area (Å²) in [6.45, 7) is 0. The Hall–Kier alpha value is -1.23. The highest BCUT2D eigenvalue weighted by Crippen LogP contribution is 2.37. The Morgan fingerprint density at radius 1 is 1.15 bits per heavy atom. The fourth-order valence-corrected chi connectivity index (χ4v) is 3.04. The fraction of sp³-hybridized carbons (Fsp3) is 0.200. The first-order chi connectivity index (χ1) is 9.56. The minimum absolute atomic E-state index is 0.352. The lowest BCUT2D eigenvalue weighted by molar-refractivity contribution is 0.404. The molecule has 20 heavy (non-hydrogen) atoms. The molecule has 0 aliphatic rings. The van der Waals surface area contributed by atoms with E-state index in [1.807, 2.05) is 30.3 Å². The van der Waals surface area contributed by atoms with Gasteiger partial charge in [0.05, 0.1) is 24.7 Å². The summed E-state index contributed by atoms with van der Waals surface area (Å²) in [4.78, 5) is 0. The number of rotatable bonds is 4. The quantitative estimate of drug-likeness (QED) is 0.894. The van der Waals surface area contributed by atoms with E-state index < -0.39 is 0 Å². The molecule has 3 nitrogen and oxygen atoms in total. The van der Waals surface area contributed by atoms with Crippen molar-refractivity contribution in [3.05, 3.63) is 57.0 Å². The van der Waals surface area contributed by atoms with Crippen molar-refractivity contribution in [1.82, 2.24) is 0 Å². The molecule has 0 bridgehead atoms. The van der Waals surface area contributed by atoms with E-state index in [1.54, 1.807) is 20.3 Å². The largest absolute Gasteiger partial charge is 0.497 e. The van der Waals surface area contributed by atoms with Gasteiger partial charge in [-0.25, -0.2) is 0 Å². The van der Waals surface area contributed by atoms with Crippen molar-refractivity contribution < 1.29 is 9.47 Å². The lowest BCUT2D eigenvalue weighted by atomic mass is 9.98. The molecule has 2 aromatic carbocycles. The second kappa shape index (κ2) is 6.48. The Balaban J connectivity index is 2.49. The monoisotopic (exact) mass is 355 g/mol. The maximum Gasteiger partial charge on any atom is 0.138 e. The summed E-state index contributed by atoms with van der Waals surface area (Å²) in [5.41, 5.74) is 8.09. The molecule has 0 radical (unpaired) electrons. The van der Waals surface area contributed by atoms with Crippen LogP contribution >= 0.6 is 27.5 Å². The second-order valence-electron chi connectivity index (χ2n) is 4.26. The van der Waals surface area contributed by atoms with E-state index in [1.165, 1.54) is 0 Å². The number of hydrogen-bond donors (Lipinski definition) is 1. The number of methoxy groups -OCH3 is 2. The summed E-state index contributed by atoms with van der Waals surface area (Å²) in [6.07, 6.45) is 0. The first kappa shape index (κ1) is 15.2. The SMILES string of the molecule is COc1cccc(C(N)c2cc(Cl)cc(Br)c2OC)c1. The zero-order valence-corrected chi connectivity index (χ0v) is 13.5. The summed E-state index contributed by atoms with van der Waals surface area (Å²) < 4.78 is 11.4. The van der Waals surface area contributed by atoms with E-state index in [9.17, 15) is 0 Å². The molecule has 1 atom stereocenters. The van der Waals surface area contributed by atoms with Crippen LogP contribution in [-0.2, 0) is 0 Å². The Labute approximate surface area is 131 Å². The maximum atomic E-state index is 6.34. The summed E-state index contributed by atoms with van der Waals surface area (Å²) in [6, 6.07) is 10.9. The lowest BCUT2D eigenvalue weighted by Crippen LogP contribution is -2.13. The van der Waals surface area contributed by atoms with Crippen LogP contribution in [0.25, 0.3) is 0 Å². The van der Waals surface area contributed by atoms with Crippen LogP contribution in [0.5, 0.6) is 11.5 Å². The number of benzene rings is 2. The van der Waals surface area contributed by atoms with Crippen LogP contribution in [0.15, 0.2) is 40.9 Å². The van der Waals surface area contributed by atoms with Crippen molar-refractivity contribution in [2.24, 2.45) is 5.73 Å². The molecule has 0 amide bonds. The summed E-state index contributed by atoms with van der Waals surface area (Å²) in [5, 5.41) is 0.603. The van der Waals surface area contributed by atoms with E-state index in [-0.39, 0.29) is 6.04 Å². The molecule has 0 saturated heterocycles. The van der Waals surface area contributed by atoms with Gasteiger partial charge in [0.15, 0.2) is 0 Å². The van der Waals surface area contributed by atoms with Crippen molar-refractivity contribution >= 4 is 27.5 Å². The molecule has 0 aliphatic heterocycles. The molecule has 0 saturated carbocycles. The number of hydrogen-bond acceptors (Lipinski definition) is 3. The van der Waals surface area contributed by atoms with Crippen molar-refractivity contribution in [2.75, 3.05) is 14.2 Å². The van der Waals surface area contributed by atoms with Gasteiger partial charge in [-0.3, -0.25) is 0 Å². The fourth-order valence-electron chi connectivity index (χ4n) is 2.04. The van der Waals surface area contributed by atoms with Gasteiger partial charge in [0, 0.05) is 10.6 Å². The van der Waals surface area contributed by atoms with Gasteiger partial charge in [-0.15, -0.1) is 0 Å². The number of ether oxygens (including phenoxy) is 2. The van der Waals surface area contributed by atoms with Gasteiger partial charge in [-0.1, -0.05) is 23.7 Å². The predicted molar refractivity (Wildman–Crippen MR) is 84.7 cm³/mol. The molecule has 5 heteroatoms. The molecule has 0 heterocycles.